The number of benzene rings is 3. The van der Waals surface area contributed by atoms with Crippen molar-refractivity contribution in [3.05, 3.63) is 83.4 Å². The van der Waals surface area contributed by atoms with Gasteiger partial charge < -0.3 is 0 Å². The highest BCUT2D eigenvalue weighted by Crippen LogP contribution is 2.46. The molecule has 1 saturated carbocycles. The Morgan fingerprint density at radius 3 is 1.89 bits per heavy atom. The summed E-state index contributed by atoms with van der Waals surface area (Å²) in [6.45, 7) is 3.99. The standard InChI is InChI=1S/C31H34F4/c1-3-5-11-22-14-9-10-15-25(22)24(4-2)27-30(34)28(32)26(29(33)31(27)35)23-18-16-21(17-19-23)20-12-7-6-8-13-20/h6-8,12-13,16-19,22,24-25H,3-5,9-11,14-15H2,1-2H3. The second kappa shape index (κ2) is 11.4. The van der Waals surface area contributed by atoms with Crippen LogP contribution in [0.15, 0.2) is 54.6 Å². The Morgan fingerprint density at radius 2 is 1.29 bits per heavy atom. The zero-order valence-corrected chi connectivity index (χ0v) is 20.6. The maximum absolute atomic E-state index is 15.5. The summed E-state index contributed by atoms with van der Waals surface area (Å²) in [4.78, 5) is 0. The van der Waals surface area contributed by atoms with Crippen molar-refractivity contribution in [1.82, 2.24) is 0 Å². The molecule has 186 valence electrons. The van der Waals surface area contributed by atoms with Crippen LogP contribution >= 0.6 is 0 Å². The molecule has 0 N–H and O–H groups in total. The van der Waals surface area contributed by atoms with E-state index in [4.69, 9.17) is 0 Å². The molecule has 3 unspecified atom stereocenters. The summed E-state index contributed by atoms with van der Waals surface area (Å²) in [7, 11) is 0. The molecular formula is C31H34F4. The maximum Gasteiger partial charge on any atom is 0.170 e. The van der Waals surface area contributed by atoms with Gasteiger partial charge in [0.1, 0.15) is 0 Å². The van der Waals surface area contributed by atoms with E-state index >= 15 is 17.6 Å². The van der Waals surface area contributed by atoms with E-state index in [1.54, 1.807) is 12.1 Å². The van der Waals surface area contributed by atoms with E-state index in [1.165, 1.54) is 12.1 Å². The Balaban J connectivity index is 1.72. The number of hydrogen-bond acceptors (Lipinski definition) is 0. The first kappa shape index (κ1) is 25.5. The van der Waals surface area contributed by atoms with Crippen LogP contribution in [0.5, 0.6) is 0 Å². The van der Waals surface area contributed by atoms with E-state index in [0.717, 1.165) is 56.1 Å². The second-order valence-electron chi connectivity index (χ2n) is 9.85. The van der Waals surface area contributed by atoms with Gasteiger partial charge in [-0.25, -0.2) is 17.6 Å². The minimum Gasteiger partial charge on any atom is -0.203 e. The van der Waals surface area contributed by atoms with Crippen LogP contribution in [0.25, 0.3) is 22.3 Å². The lowest BCUT2D eigenvalue weighted by molar-refractivity contribution is 0.177. The molecule has 0 nitrogen and oxygen atoms in total. The van der Waals surface area contributed by atoms with Gasteiger partial charge >= 0.3 is 0 Å². The van der Waals surface area contributed by atoms with Gasteiger partial charge in [0.25, 0.3) is 0 Å². The Hall–Kier alpha value is -2.62. The zero-order valence-electron chi connectivity index (χ0n) is 20.6. The molecule has 0 radical (unpaired) electrons. The lowest BCUT2D eigenvalue weighted by Crippen LogP contribution is -2.27. The van der Waals surface area contributed by atoms with Gasteiger partial charge in [-0.3, -0.25) is 0 Å². The molecule has 0 bridgehead atoms. The molecule has 4 heteroatoms. The van der Waals surface area contributed by atoms with Crippen molar-refractivity contribution < 1.29 is 17.6 Å². The average Bonchev–Trinajstić information content (AvgIpc) is 2.90. The van der Waals surface area contributed by atoms with Crippen LogP contribution in [-0.2, 0) is 0 Å². The molecule has 35 heavy (non-hydrogen) atoms. The van der Waals surface area contributed by atoms with Crippen LogP contribution in [0.4, 0.5) is 17.6 Å². The molecule has 4 rings (SSSR count). The lowest BCUT2D eigenvalue weighted by atomic mass is 9.67. The van der Waals surface area contributed by atoms with E-state index in [9.17, 15) is 0 Å². The molecule has 0 aliphatic heterocycles. The molecule has 0 heterocycles. The normalized spacial score (nSPS) is 19.0. The Labute approximate surface area is 206 Å². The van der Waals surface area contributed by atoms with E-state index < -0.39 is 40.3 Å². The summed E-state index contributed by atoms with van der Waals surface area (Å²) in [5.74, 6) is -5.23. The van der Waals surface area contributed by atoms with Crippen LogP contribution in [0.1, 0.15) is 76.7 Å². The molecule has 3 atom stereocenters. The fraction of sp³-hybridized carbons (Fsp3) is 0.419. The lowest BCUT2D eigenvalue weighted by Gasteiger charge is -2.38. The van der Waals surface area contributed by atoms with Crippen LogP contribution in [0.2, 0.25) is 0 Å². The predicted molar refractivity (Wildman–Crippen MR) is 135 cm³/mol. The molecule has 0 aromatic heterocycles. The maximum atomic E-state index is 15.5. The first-order valence-corrected chi connectivity index (χ1v) is 13.0. The molecule has 0 spiro atoms. The highest BCUT2D eigenvalue weighted by Gasteiger charge is 2.37. The molecule has 1 aliphatic carbocycles. The minimum absolute atomic E-state index is 0.0408. The Bertz CT molecular complexity index is 1090. The van der Waals surface area contributed by atoms with Gasteiger partial charge in [-0.15, -0.1) is 0 Å². The van der Waals surface area contributed by atoms with Crippen LogP contribution in [0, 0.1) is 35.1 Å². The first-order chi connectivity index (χ1) is 17.0. The fourth-order valence-electron chi connectivity index (χ4n) is 6.00. The van der Waals surface area contributed by atoms with Crippen molar-refractivity contribution in [1.29, 1.82) is 0 Å². The molecule has 3 aromatic rings. The van der Waals surface area contributed by atoms with Gasteiger partial charge in [0.2, 0.25) is 0 Å². The number of halogens is 4. The average molecular weight is 483 g/mol. The summed E-state index contributed by atoms with van der Waals surface area (Å²) in [5, 5.41) is 0. The number of hydrogen-bond donors (Lipinski definition) is 0. The van der Waals surface area contributed by atoms with Gasteiger partial charge in [-0.1, -0.05) is 107 Å². The summed E-state index contributed by atoms with van der Waals surface area (Å²) in [6, 6.07) is 16.0. The number of unbranched alkanes of at least 4 members (excludes halogenated alkanes) is 1. The smallest absolute Gasteiger partial charge is 0.170 e. The summed E-state index contributed by atoms with van der Waals surface area (Å²) >= 11 is 0. The topological polar surface area (TPSA) is 0 Å². The predicted octanol–water partition coefficient (Wildman–Crippen LogP) is 10.1. The molecule has 1 aliphatic rings. The van der Waals surface area contributed by atoms with E-state index in [-0.39, 0.29) is 11.5 Å². The van der Waals surface area contributed by atoms with Crippen LogP contribution < -0.4 is 0 Å². The van der Waals surface area contributed by atoms with Gasteiger partial charge in [0, 0.05) is 5.56 Å². The van der Waals surface area contributed by atoms with Crippen molar-refractivity contribution in [2.45, 2.75) is 71.1 Å². The molecule has 3 aromatic carbocycles. The molecule has 0 amide bonds. The van der Waals surface area contributed by atoms with E-state index in [2.05, 4.69) is 6.92 Å². The van der Waals surface area contributed by atoms with Crippen molar-refractivity contribution in [2.24, 2.45) is 11.8 Å². The molecule has 1 fully saturated rings. The van der Waals surface area contributed by atoms with Crippen LogP contribution in [-0.4, -0.2) is 0 Å². The quantitative estimate of drug-likeness (QED) is 0.221. The SMILES string of the molecule is CCCCC1CCCCC1C(CC)c1c(F)c(F)c(-c2ccc(-c3ccccc3)cc2)c(F)c1F. The van der Waals surface area contributed by atoms with Gasteiger partial charge in [-0.2, -0.15) is 0 Å². The minimum atomic E-state index is -1.30. The van der Waals surface area contributed by atoms with Crippen molar-refractivity contribution in [3.8, 4) is 22.3 Å². The second-order valence-corrected chi connectivity index (χ2v) is 9.85. The number of rotatable bonds is 8. The molecule has 0 saturated heterocycles. The third-order valence-corrected chi connectivity index (χ3v) is 7.80. The van der Waals surface area contributed by atoms with Gasteiger partial charge in [0.05, 0.1) is 5.56 Å². The Kier molecular flexibility index (Phi) is 8.30. The highest BCUT2D eigenvalue weighted by molar-refractivity contribution is 5.71. The largest absolute Gasteiger partial charge is 0.203 e. The van der Waals surface area contributed by atoms with Crippen molar-refractivity contribution in [3.63, 3.8) is 0 Å². The van der Waals surface area contributed by atoms with E-state index in [1.807, 2.05) is 37.3 Å². The monoisotopic (exact) mass is 482 g/mol. The third-order valence-electron chi connectivity index (χ3n) is 7.80. The highest BCUT2D eigenvalue weighted by atomic mass is 19.2. The first-order valence-electron chi connectivity index (χ1n) is 13.0. The van der Waals surface area contributed by atoms with Gasteiger partial charge in [-0.05, 0) is 47.3 Å². The summed E-state index contributed by atoms with van der Waals surface area (Å²) in [6.07, 6.45) is 7.52. The third kappa shape index (κ3) is 5.17. The molecular weight excluding hydrogens is 448 g/mol. The fourth-order valence-corrected chi connectivity index (χ4v) is 6.00. The zero-order chi connectivity index (χ0) is 24.9. The summed E-state index contributed by atoms with van der Waals surface area (Å²) < 4.78 is 61.8. The van der Waals surface area contributed by atoms with E-state index in [0.29, 0.717) is 12.3 Å². The van der Waals surface area contributed by atoms with Gasteiger partial charge in [0.15, 0.2) is 23.3 Å². The van der Waals surface area contributed by atoms with Crippen molar-refractivity contribution >= 4 is 0 Å². The van der Waals surface area contributed by atoms with Crippen LogP contribution in [0.3, 0.4) is 0 Å². The Morgan fingerprint density at radius 1 is 0.714 bits per heavy atom. The summed E-state index contributed by atoms with van der Waals surface area (Å²) in [5.41, 5.74) is 0.887. The van der Waals surface area contributed by atoms with Crippen molar-refractivity contribution in [2.75, 3.05) is 0 Å².